The third-order valence-electron chi connectivity index (χ3n) is 5.61. The van der Waals surface area contributed by atoms with E-state index in [1.807, 2.05) is 32.0 Å². The molecule has 0 bridgehead atoms. The fourth-order valence-electron chi connectivity index (χ4n) is 3.47. The lowest BCUT2D eigenvalue weighted by Gasteiger charge is -2.37. The summed E-state index contributed by atoms with van der Waals surface area (Å²) in [5.41, 5.74) is 8.39. The molecule has 1 aromatic carbocycles. The van der Waals surface area contributed by atoms with Crippen LogP contribution in [-0.4, -0.2) is 35.3 Å². The van der Waals surface area contributed by atoms with Crippen LogP contribution in [0.1, 0.15) is 44.2 Å². The van der Waals surface area contributed by atoms with Crippen molar-refractivity contribution < 1.29 is 9.59 Å². The van der Waals surface area contributed by atoms with Gasteiger partial charge in [0, 0.05) is 31.5 Å². The highest BCUT2D eigenvalue weighted by Crippen LogP contribution is 2.31. The summed E-state index contributed by atoms with van der Waals surface area (Å²) in [4.78, 5) is 27.4. The zero-order chi connectivity index (χ0) is 18.0. The Labute approximate surface area is 162 Å². The molecule has 3 rings (SSSR count). The summed E-state index contributed by atoms with van der Waals surface area (Å²) in [6, 6.07) is 7.66. The molecular formula is C20H30ClN3O2. The van der Waals surface area contributed by atoms with Gasteiger partial charge in [-0.3, -0.25) is 9.59 Å². The van der Waals surface area contributed by atoms with Gasteiger partial charge in [-0.05, 0) is 36.3 Å². The van der Waals surface area contributed by atoms with Gasteiger partial charge in [0.1, 0.15) is 6.04 Å². The van der Waals surface area contributed by atoms with Crippen LogP contribution in [0, 0.1) is 11.8 Å². The molecule has 1 heterocycles. The van der Waals surface area contributed by atoms with Crippen molar-refractivity contribution in [3.05, 3.63) is 35.4 Å². The number of carbonyl (C=O) groups excluding carboxylic acids is 2. The lowest BCUT2D eigenvalue weighted by molar-refractivity contribution is -0.144. The molecule has 3 atom stereocenters. The number of nitrogens with two attached hydrogens (primary N) is 1. The van der Waals surface area contributed by atoms with Crippen LogP contribution in [0.5, 0.6) is 0 Å². The molecule has 0 radical (unpaired) electrons. The van der Waals surface area contributed by atoms with Gasteiger partial charge in [-0.15, -0.1) is 12.4 Å². The van der Waals surface area contributed by atoms with Crippen molar-refractivity contribution in [2.75, 3.05) is 6.54 Å². The zero-order valence-electron chi connectivity index (χ0n) is 15.6. The first-order chi connectivity index (χ1) is 12.0. The van der Waals surface area contributed by atoms with Gasteiger partial charge in [0.2, 0.25) is 11.8 Å². The smallest absolute Gasteiger partial charge is 0.243 e. The van der Waals surface area contributed by atoms with Gasteiger partial charge in [0.05, 0.1) is 0 Å². The molecule has 3 unspecified atom stereocenters. The Kier molecular flexibility index (Phi) is 7.07. The van der Waals surface area contributed by atoms with Crippen molar-refractivity contribution in [1.82, 2.24) is 10.2 Å². The molecular weight excluding hydrogens is 350 g/mol. The average Bonchev–Trinajstić information content (AvgIpc) is 3.48. The lowest BCUT2D eigenvalue weighted by atomic mass is 9.92. The van der Waals surface area contributed by atoms with E-state index < -0.39 is 6.04 Å². The normalized spacial score (nSPS) is 21.2. The highest BCUT2D eigenvalue weighted by Gasteiger charge is 2.36. The number of hydrogen-bond acceptors (Lipinski definition) is 3. The number of halogens is 1. The van der Waals surface area contributed by atoms with Crippen molar-refractivity contribution in [3.8, 4) is 0 Å². The van der Waals surface area contributed by atoms with Crippen molar-refractivity contribution in [2.45, 2.75) is 58.2 Å². The minimum atomic E-state index is -0.442. The molecule has 1 fully saturated rings. The third kappa shape index (κ3) is 4.57. The van der Waals surface area contributed by atoms with E-state index in [1.54, 1.807) is 4.90 Å². The van der Waals surface area contributed by atoms with Crippen LogP contribution in [0.15, 0.2) is 24.3 Å². The highest BCUT2D eigenvalue weighted by molar-refractivity contribution is 5.89. The first-order valence-corrected chi connectivity index (χ1v) is 9.41. The first-order valence-electron chi connectivity index (χ1n) is 9.41. The van der Waals surface area contributed by atoms with Crippen LogP contribution in [0.4, 0.5) is 0 Å². The van der Waals surface area contributed by atoms with E-state index in [-0.39, 0.29) is 36.2 Å². The Balaban J connectivity index is 0.00000243. The van der Waals surface area contributed by atoms with Crippen molar-refractivity contribution in [3.63, 3.8) is 0 Å². The van der Waals surface area contributed by atoms with Crippen LogP contribution in [-0.2, 0) is 22.6 Å². The quantitative estimate of drug-likeness (QED) is 0.796. The first kappa shape index (κ1) is 20.7. The number of rotatable bonds is 6. The molecule has 0 spiro atoms. The minimum absolute atomic E-state index is 0. The molecule has 5 nitrogen and oxygen atoms in total. The second-order valence-corrected chi connectivity index (χ2v) is 7.51. The maximum Gasteiger partial charge on any atom is 0.243 e. The van der Waals surface area contributed by atoms with E-state index in [0.717, 1.165) is 30.4 Å². The lowest BCUT2D eigenvalue weighted by Crippen LogP contribution is -2.55. The third-order valence-corrected chi connectivity index (χ3v) is 5.61. The maximum atomic E-state index is 12.8. The molecule has 1 saturated carbocycles. The SMILES string of the molecule is CCC(C)C(=O)N1Cc2ccccc2CC1C(=O)NCC(N)C1CC1.Cl. The number of hydrogen-bond donors (Lipinski definition) is 2. The molecule has 2 aliphatic rings. The summed E-state index contributed by atoms with van der Waals surface area (Å²) in [6.07, 6.45) is 3.67. The van der Waals surface area contributed by atoms with E-state index in [4.69, 9.17) is 5.73 Å². The van der Waals surface area contributed by atoms with Gasteiger partial charge < -0.3 is 16.0 Å². The Morgan fingerprint density at radius 3 is 2.54 bits per heavy atom. The number of nitrogens with one attached hydrogen (secondary N) is 1. The van der Waals surface area contributed by atoms with Gasteiger partial charge in [-0.2, -0.15) is 0 Å². The number of carbonyl (C=O) groups is 2. The Morgan fingerprint density at radius 2 is 1.92 bits per heavy atom. The van der Waals surface area contributed by atoms with Crippen molar-refractivity contribution in [1.29, 1.82) is 0 Å². The number of amides is 2. The monoisotopic (exact) mass is 379 g/mol. The van der Waals surface area contributed by atoms with Crippen molar-refractivity contribution >= 4 is 24.2 Å². The molecule has 1 aliphatic carbocycles. The molecule has 0 aromatic heterocycles. The molecule has 1 aliphatic heterocycles. The second-order valence-electron chi connectivity index (χ2n) is 7.51. The molecule has 1 aromatic rings. The van der Waals surface area contributed by atoms with Gasteiger partial charge in [0.15, 0.2) is 0 Å². The second kappa shape index (κ2) is 8.87. The molecule has 26 heavy (non-hydrogen) atoms. The van der Waals surface area contributed by atoms with Crippen LogP contribution < -0.4 is 11.1 Å². The Bertz CT molecular complexity index is 648. The molecule has 144 valence electrons. The summed E-state index contributed by atoms with van der Waals surface area (Å²) in [5, 5.41) is 2.99. The van der Waals surface area contributed by atoms with Crippen molar-refractivity contribution in [2.24, 2.45) is 17.6 Å². The van der Waals surface area contributed by atoms with E-state index >= 15 is 0 Å². The Morgan fingerprint density at radius 1 is 1.27 bits per heavy atom. The van der Waals surface area contributed by atoms with E-state index in [0.29, 0.717) is 25.4 Å². The summed E-state index contributed by atoms with van der Waals surface area (Å²) < 4.78 is 0. The fraction of sp³-hybridized carbons (Fsp3) is 0.600. The van der Waals surface area contributed by atoms with E-state index in [1.165, 1.54) is 0 Å². The van der Waals surface area contributed by atoms with Crippen LogP contribution in [0.3, 0.4) is 0 Å². The van der Waals surface area contributed by atoms with Crippen LogP contribution >= 0.6 is 12.4 Å². The van der Waals surface area contributed by atoms with Gasteiger partial charge in [0.25, 0.3) is 0 Å². The number of nitrogens with zero attached hydrogens (tertiary/aromatic N) is 1. The molecule has 3 N–H and O–H groups in total. The average molecular weight is 380 g/mol. The summed E-state index contributed by atoms with van der Waals surface area (Å²) in [6.45, 7) is 4.93. The predicted molar refractivity (Wildman–Crippen MR) is 105 cm³/mol. The van der Waals surface area contributed by atoms with Gasteiger partial charge >= 0.3 is 0 Å². The maximum absolute atomic E-state index is 12.8. The topological polar surface area (TPSA) is 75.4 Å². The number of fused-ring (bicyclic) bond motifs is 1. The van der Waals surface area contributed by atoms with E-state index in [9.17, 15) is 9.59 Å². The summed E-state index contributed by atoms with van der Waals surface area (Å²) in [5.74, 6) is 0.449. The van der Waals surface area contributed by atoms with E-state index in [2.05, 4.69) is 11.4 Å². The van der Waals surface area contributed by atoms with Gasteiger partial charge in [-0.1, -0.05) is 38.1 Å². The summed E-state index contributed by atoms with van der Waals surface area (Å²) >= 11 is 0. The summed E-state index contributed by atoms with van der Waals surface area (Å²) in [7, 11) is 0. The fourth-order valence-corrected chi connectivity index (χ4v) is 3.47. The van der Waals surface area contributed by atoms with Gasteiger partial charge in [-0.25, -0.2) is 0 Å². The number of benzene rings is 1. The van der Waals surface area contributed by atoms with Crippen LogP contribution in [0.2, 0.25) is 0 Å². The molecule has 0 saturated heterocycles. The Hall–Kier alpha value is -1.59. The van der Waals surface area contributed by atoms with Crippen LogP contribution in [0.25, 0.3) is 0 Å². The highest BCUT2D eigenvalue weighted by atomic mass is 35.5. The molecule has 2 amide bonds. The minimum Gasteiger partial charge on any atom is -0.353 e. The largest absolute Gasteiger partial charge is 0.353 e. The predicted octanol–water partition coefficient (Wildman–Crippen LogP) is 2.26. The standard InChI is InChI=1S/C20H29N3O2.ClH/c1-3-13(2)20(25)23-12-16-7-5-4-6-15(16)10-18(23)19(24)22-11-17(21)14-8-9-14;/h4-7,13-14,17-18H,3,8-12,21H2,1-2H3,(H,22,24);1H. The molecule has 6 heteroatoms. The zero-order valence-corrected chi connectivity index (χ0v) is 16.4.